The molecular weight excluding hydrogens is 316 g/mol. The van der Waals surface area contributed by atoms with Crippen molar-refractivity contribution in [3.8, 4) is 5.75 Å². The molecule has 2 atom stereocenters. The molecule has 0 aromatic heterocycles. The largest absolute Gasteiger partial charge is 0.497 e. The minimum atomic E-state index is -0.783. The number of piperidine rings is 1. The number of ether oxygens (including phenoxy) is 1. The van der Waals surface area contributed by atoms with E-state index in [-0.39, 0.29) is 11.5 Å². The monoisotopic (exact) mass is 346 g/mol. The molecule has 2 unspecified atom stereocenters. The van der Waals surface area contributed by atoms with Gasteiger partial charge in [0.15, 0.2) is 0 Å². The maximum Gasteiger partial charge on any atom is 0.407 e. The quantitative estimate of drug-likeness (QED) is 0.889. The number of nitrogens with zero attached hydrogens (tertiary/aromatic N) is 2. The number of carboxylic acid groups (broad SMARTS) is 1. The van der Waals surface area contributed by atoms with Gasteiger partial charge in [0.1, 0.15) is 5.75 Å². The Bertz CT molecular complexity index is 638. The molecule has 0 saturated carbocycles. The molecule has 1 aromatic rings. The van der Waals surface area contributed by atoms with Gasteiger partial charge in [-0.25, -0.2) is 4.79 Å². The van der Waals surface area contributed by atoms with Crippen LogP contribution in [0.1, 0.15) is 44.7 Å². The first-order chi connectivity index (χ1) is 11.8. The van der Waals surface area contributed by atoms with Crippen LogP contribution in [0, 0.1) is 5.41 Å². The second-order valence-electron chi connectivity index (χ2n) is 8.39. The summed E-state index contributed by atoms with van der Waals surface area (Å²) >= 11 is 0. The van der Waals surface area contributed by atoms with Crippen LogP contribution in [0.2, 0.25) is 0 Å². The van der Waals surface area contributed by atoms with E-state index in [1.807, 2.05) is 6.07 Å². The summed E-state index contributed by atoms with van der Waals surface area (Å²) in [6, 6.07) is 6.88. The van der Waals surface area contributed by atoms with Crippen LogP contribution in [0.25, 0.3) is 0 Å². The van der Waals surface area contributed by atoms with Gasteiger partial charge < -0.3 is 14.7 Å². The van der Waals surface area contributed by atoms with Crippen LogP contribution in [0.3, 0.4) is 0 Å². The van der Waals surface area contributed by atoms with Crippen LogP contribution >= 0.6 is 0 Å². The Kier molecular flexibility index (Phi) is 4.96. The molecule has 0 bridgehead atoms. The molecule has 5 nitrogen and oxygen atoms in total. The molecule has 2 aliphatic heterocycles. The zero-order valence-electron chi connectivity index (χ0n) is 15.8. The van der Waals surface area contributed by atoms with Gasteiger partial charge in [0, 0.05) is 31.7 Å². The van der Waals surface area contributed by atoms with Gasteiger partial charge in [0.05, 0.1) is 7.11 Å². The first kappa shape index (κ1) is 18.1. The van der Waals surface area contributed by atoms with Crippen molar-refractivity contribution in [3.05, 3.63) is 29.3 Å². The topological polar surface area (TPSA) is 53.0 Å². The number of carbonyl (C=O) groups is 1. The standard InChI is InChI=1S/C20H30N2O3/c1-20(2,3)18-12-16(8-10-22(18)19(23)24)21-9-7-14-11-17(25-4)6-5-15(14)13-21/h5-6,11,16,18H,7-10,12-13H2,1-4H3,(H,23,24). The number of methoxy groups -OCH3 is 1. The summed E-state index contributed by atoms with van der Waals surface area (Å²) in [4.78, 5) is 15.8. The Morgan fingerprint density at radius 2 is 2.00 bits per heavy atom. The van der Waals surface area contributed by atoms with Crippen LogP contribution in [0.5, 0.6) is 5.75 Å². The fourth-order valence-electron chi connectivity index (χ4n) is 4.32. The SMILES string of the molecule is COc1ccc2c(c1)CCN(C1CCN(C(=O)O)C(C(C)(C)C)C1)C2. The third kappa shape index (κ3) is 3.76. The van der Waals surface area contributed by atoms with Crippen molar-refractivity contribution >= 4 is 6.09 Å². The molecule has 5 heteroatoms. The summed E-state index contributed by atoms with van der Waals surface area (Å²) in [6.45, 7) is 9.06. The molecule has 0 radical (unpaired) electrons. The fraction of sp³-hybridized carbons (Fsp3) is 0.650. The second kappa shape index (κ2) is 6.87. The van der Waals surface area contributed by atoms with Crippen molar-refractivity contribution in [2.75, 3.05) is 20.2 Å². The Morgan fingerprint density at radius 3 is 2.64 bits per heavy atom. The maximum absolute atomic E-state index is 11.6. The Morgan fingerprint density at radius 1 is 1.24 bits per heavy atom. The highest BCUT2D eigenvalue weighted by Gasteiger charge is 2.40. The smallest absolute Gasteiger partial charge is 0.407 e. The zero-order chi connectivity index (χ0) is 18.2. The van der Waals surface area contributed by atoms with E-state index in [9.17, 15) is 9.90 Å². The number of hydrogen-bond donors (Lipinski definition) is 1. The Balaban J connectivity index is 1.73. The molecule has 1 amide bonds. The maximum atomic E-state index is 11.6. The fourth-order valence-corrected chi connectivity index (χ4v) is 4.32. The highest BCUT2D eigenvalue weighted by atomic mass is 16.5. The van der Waals surface area contributed by atoms with Crippen molar-refractivity contribution in [1.82, 2.24) is 9.80 Å². The first-order valence-corrected chi connectivity index (χ1v) is 9.19. The molecule has 2 aliphatic rings. The highest BCUT2D eigenvalue weighted by molar-refractivity contribution is 5.65. The van der Waals surface area contributed by atoms with Crippen LogP contribution in [0.15, 0.2) is 18.2 Å². The van der Waals surface area contributed by atoms with E-state index in [1.54, 1.807) is 12.0 Å². The Labute approximate surface area is 150 Å². The van der Waals surface area contributed by atoms with E-state index in [1.165, 1.54) is 11.1 Å². The minimum absolute atomic E-state index is 0.0435. The summed E-state index contributed by atoms with van der Waals surface area (Å²) in [7, 11) is 1.71. The number of fused-ring (bicyclic) bond motifs is 1. The summed E-state index contributed by atoms with van der Waals surface area (Å²) in [5.74, 6) is 0.926. The molecule has 1 fully saturated rings. The van der Waals surface area contributed by atoms with Crippen molar-refractivity contribution in [3.63, 3.8) is 0 Å². The third-order valence-electron chi connectivity index (χ3n) is 5.79. The lowest BCUT2D eigenvalue weighted by molar-refractivity contribution is 0.0161. The highest BCUT2D eigenvalue weighted by Crippen LogP contribution is 2.35. The number of amides is 1. The van der Waals surface area contributed by atoms with Crippen LogP contribution in [0.4, 0.5) is 4.79 Å². The number of benzene rings is 1. The molecule has 2 heterocycles. The number of rotatable bonds is 2. The second-order valence-corrected chi connectivity index (χ2v) is 8.39. The molecule has 1 saturated heterocycles. The summed E-state index contributed by atoms with van der Waals surface area (Å²) in [5.41, 5.74) is 2.71. The molecule has 1 N–H and O–H groups in total. The predicted molar refractivity (Wildman–Crippen MR) is 98.1 cm³/mol. The van der Waals surface area contributed by atoms with Crippen LogP contribution < -0.4 is 4.74 Å². The lowest BCUT2D eigenvalue weighted by Gasteiger charge is -2.48. The average molecular weight is 346 g/mol. The minimum Gasteiger partial charge on any atom is -0.497 e. The van der Waals surface area contributed by atoms with E-state index in [0.717, 1.165) is 38.1 Å². The average Bonchev–Trinajstić information content (AvgIpc) is 2.59. The zero-order valence-corrected chi connectivity index (χ0v) is 15.8. The molecule has 25 heavy (non-hydrogen) atoms. The van der Waals surface area contributed by atoms with Gasteiger partial charge in [0.25, 0.3) is 0 Å². The van der Waals surface area contributed by atoms with Crippen LogP contribution in [-0.4, -0.2) is 53.3 Å². The number of likely N-dealkylation sites (tertiary alicyclic amines) is 1. The molecule has 1 aromatic carbocycles. The summed E-state index contributed by atoms with van der Waals surface area (Å²) in [5, 5.41) is 9.55. The van der Waals surface area contributed by atoms with Gasteiger partial charge in [-0.05, 0) is 47.9 Å². The van der Waals surface area contributed by atoms with E-state index < -0.39 is 6.09 Å². The van der Waals surface area contributed by atoms with Crippen molar-refractivity contribution in [2.24, 2.45) is 5.41 Å². The summed E-state index contributed by atoms with van der Waals surface area (Å²) < 4.78 is 5.33. The van der Waals surface area contributed by atoms with Gasteiger partial charge >= 0.3 is 6.09 Å². The van der Waals surface area contributed by atoms with Gasteiger partial charge in [-0.1, -0.05) is 26.8 Å². The van der Waals surface area contributed by atoms with E-state index in [4.69, 9.17) is 4.74 Å². The van der Waals surface area contributed by atoms with Gasteiger partial charge in [-0.2, -0.15) is 0 Å². The van der Waals surface area contributed by atoms with Gasteiger partial charge in [-0.3, -0.25) is 4.90 Å². The number of hydrogen-bond acceptors (Lipinski definition) is 3. The molecular formula is C20H30N2O3. The predicted octanol–water partition coefficient (Wildman–Crippen LogP) is 3.61. The van der Waals surface area contributed by atoms with E-state index >= 15 is 0 Å². The van der Waals surface area contributed by atoms with Gasteiger partial charge in [-0.15, -0.1) is 0 Å². The molecule has 138 valence electrons. The lowest BCUT2D eigenvalue weighted by Crippen LogP contribution is -2.56. The van der Waals surface area contributed by atoms with Crippen molar-refractivity contribution in [2.45, 2.75) is 58.7 Å². The van der Waals surface area contributed by atoms with E-state index in [0.29, 0.717) is 12.6 Å². The van der Waals surface area contributed by atoms with E-state index in [2.05, 4.69) is 37.8 Å². The third-order valence-corrected chi connectivity index (χ3v) is 5.79. The van der Waals surface area contributed by atoms with Crippen molar-refractivity contribution < 1.29 is 14.6 Å². The lowest BCUT2D eigenvalue weighted by atomic mass is 9.78. The molecule has 0 aliphatic carbocycles. The molecule has 0 spiro atoms. The van der Waals surface area contributed by atoms with Crippen LogP contribution in [-0.2, 0) is 13.0 Å². The normalized spacial score (nSPS) is 24.7. The summed E-state index contributed by atoms with van der Waals surface area (Å²) in [6.07, 6.45) is 2.09. The Hall–Kier alpha value is -1.75. The van der Waals surface area contributed by atoms with Gasteiger partial charge in [0.2, 0.25) is 0 Å². The first-order valence-electron chi connectivity index (χ1n) is 9.19. The molecule has 3 rings (SSSR count). The van der Waals surface area contributed by atoms with Crippen molar-refractivity contribution in [1.29, 1.82) is 0 Å².